The Labute approximate surface area is 150 Å². The first-order chi connectivity index (χ1) is 11.6. The second kappa shape index (κ2) is 7.36. The fourth-order valence-electron chi connectivity index (χ4n) is 2.70. The van der Waals surface area contributed by atoms with Crippen molar-refractivity contribution >= 4 is 39.2 Å². The molecule has 0 aliphatic carbocycles. The lowest BCUT2D eigenvalue weighted by Crippen LogP contribution is -2.14. The number of hydrogen-bond donors (Lipinski definition) is 0. The Morgan fingerprint density at radius 2 is 1.96 bits per heavy atom. The van der Waals surface area contributed by atoms with Crippen LogP contribution in [0, 0.1) is 6.92 Å². The fourth-order valence-corrected chi connectivity index (χ4v) is 4.47. The molecule has 124 valence electrons. The van der Waals surface area contributed by atoms with E-state index in [1.165, 1.54) is 10.5 Å². The van der Waals surface area contributed by atoms with Gasteiger partial charge in [-0.3, -0.25) is 4.79 Å². The molecule has 0 aliphatic rings. The van der Waals surface area contributed by atoms with E-state index in [1.807, 2.05) is 29.8 Å². The zero-order valence-corrected chi connectivity index (χ0v) is 15.7. The molecule has 1 amide bonds. The smallest absolute Gasteiger partial charge is 0.252 e. The molecule has 1 aromatic heterocycles. The molecule has 0 atom stereocenters. The molecule has 24 heavy (non-hydrogen) atoms. The van der Waals surface area contributed by atoms with Crippen LogP contribution >= 0.6 is 23.1 Å². The van der Waals surface area contributed by atoms with Gasteiger partial charge in [0.15, 0.2) is 4.80 Å². The number of carbonyl (C=O) groups excluding carboxylic acids is 1. The first-order valence-corrected chi connectivity index (χ1v) is 9.73. The minimum atomic E-state index is -0.106. The van der Waals surface area contributed by atoms with Gasteiger partial charge in [0, 0.05) is 11.9 Å². The molecule has 0 unspecified atom stereocenters. The van der Waals surface area contributed by atoms with Crippen LogP contribution in [-0.4, -0.2) is 16.2 Å². The summed E-state index contributed by atoms with van der Waals surface area (Å²) in [4.78, 5) is 18.6. The number of aromatic nitrogens is 1. The fraction of sp³-hybridized carbons (Fsp3) is 0.263. The lowest BCUT2D eigenvalue weighted by molar-refractivity contribution is -0.117. The third kappa shape index (κ3) is 3.62. The molecule has 1 heterocycles. The molecule has 3 rings (SSSR count). The van der Waals surface area contributed by atoms with Crippen molar-refractivity contribution in [3.63, 3.8) is 0 Å². The van der Waals surface area contributed by atoms with Crippen LogP contribution in [0.3, 0.4) is 0 Å². The molecule has 3 aromatic rings. The number of nitrogens with zero attached hydrogens (tertiary/aromatic N) is 2. The average molecular weight is 357 g/mol. The van der Waals surface area contributed by atoms with Crippen molar-refractivity contribution in [2.24, 2.45) is 12.0 Å². The van der Waals surface area contributed by atoms with E-state index in [0.717, 1.165) is 26.3 Å². The van der Waals surface area contributed by atoms with Gasteiger partial charge in [-0.2, -0.15) is 4.99 Å². The van der Waals surface area contributed by atoms with Crippen LogP contribution < -0.4 is 4.80 Å². The Kier molecular flexibility index (Phi) is 5.21. The van der Waals surface area contributed by atoms with Crippen molar-refractivity contribution in [2.45, 2.75) is 25.2 Å². The summed E-state index contributed by atoms with van der Waals surface area (Å²) in [7, 11) is 1.97. The number of amides is 1. The summed E-state index contributed by atoms with van der Waals surface area (Å²) in [5.41, 5.74) is 3.35. The summed E-state index contributed by atoms with van der Waals surface area (Å²) >= 11 is 3.36. The van der Waals surface area contributed by atoms with Crippen molar-refractivity contribution in [1.29, 1.82) is 0 Å². The summed E-state index contributed by atoms with van der Waals surface area (Å²) in [6.07, 6.45) is 0.338. The van der Waals surface area contributed by atoms with Gasteiger partial charge < -0.3 is 4.57 Å². The number of thioether (sulfide) groups is 1. The predicted molar refractivity (Wildman–Crippen MR) is 103 cm³/mol. The number of rotatable bonds is 4. The maximum Gasteiger partial charge on any atom is 0.252 e. The molecular weight excluding hydrogens is 336 g/mol. The van der Waals surface area contributed by atoms with Crippen LogP contribution in [0.15, 0.2) is 52.4 Å². The number of aryl methyl sites for hydroxylation is 2. The third-order valence-electron chi connectivity index (χ3n) is 3.83. The van der Waals surface area contributed by atoms with E-state index >= 15 is 0 Å². The Morgan fingerprint density at radius 1 is 1.21 bits per heavy atom. The molecule has 2 aromatic carbocycles. The molecular formula is C19H20N2OS2. The Bertz CT molecular complexity index is 936. The van der Waals surface area contributed by atoms with Crippen LogP contribution in [0.5, 0.6) is 0 Å². The number of thiazole rings is 1. The minimum Gasteiger partial charge on any atom is -0.319 e. The van der Waals surface area contributed by atoms with Gasteiger partial charge in [0.25, 0.3) is 5.91 Å². The van der Waals surface area contributed by atoms with Crippen molar-refractivity contribution in [3.05, 3.63) is 58.4 Å². The van der Waals surface area contributed by atoms with Crippen molar-refractivity contribution in [3.8, 4) is 0 Å². The lowest BCUT2D eigenvalue weighted by atomic mass is 10.1. The van der Waals surface area contributed by atoms with Crippen LogP contribution in [0.1, 0.15) is 18.1 Å². The molecule has 0 radical (unpaired) electrons. The van der Waals surface area contributed by atoms with Gasteiger partial charge in [-0.15, -0.1) is 11.8 Å². The van der Waals surface area contributed by atoms with E-state index in [0.29, 0.717) is 6.42 Å². The van der Waals surface area contributed by atoms with Gasteiger partial charge in [0.1, 0.15) is 0 Å². The van der Waals surface area contributed by atoms with E-state index in [2.05, 4.69) is 43.1 Å². The molecule has 5 heteroatoms. The molecule has 0 saturated heterocycles. The van der Waals surface area contributed by atoms with Crippen LogP contribution in [0.2, 0.25) is 0 Å². The van der Waals surface area contributed by atoms with Gasteiger partial charge in [0.05, 0.1) is 16.6 Å². The Morgan fingerprint density at radius 3 is 2.62 bits per heavy atom. The zero-order chi connectivity index (χ0) is 17.1. The topological polar surface area (TPSA) is 34.4 Å². The molecule has 3 nitrogen and oxygen atoms in total. The Balaban J connectivity index is 1.84. The van der Waals surface area contributed by atoms with Crippen LogP contribution in [0.25, 0.3) is 10.2 Å². The van der Waals surface area contributed by atoms with E-state index in [4.69, 9.17) is 0 Å². The van der Waals surface area contributed by atoms with Crippen molar-refractivity contribution < 1.29 is 4.79 Å². The van der Waals surface area contributed by atoms with Crippen molar-refractivity contribution in [2.75, 3.05) is 5.75 Å². The number of carbonyl (C=O) groups is 1. The standard InChI is InChI=1S/C19H20N2OS2/c1-4-23-15-10-8-14(9-11-15)12-17(22)20-19-21(3)18-13(2)6-5-7-16(18)24-19/h5-11H,4,12H2,1-3H3. The average Bonchev–Trinajstić information content (AvgIpc) is 2.87. The largest absolute Gasteiger partial charge is 0.319 e. The maximum atomic E-state index is 12.3. The quantitative estimate of drug-likeness (QED) is 0.652. The van der Waals surface area contributed by atoms with Gasteiger partial charge >= 0.3 is 0 Å². The number of benzene rings is 2. The maximum absolute atomic E-state index is 12.3. The van der Waals surface area contributed by atoms with Gasteiger partial charge in [0.2, 0.25) is 0 Å². The molecule has 0 fully saturated rings. The summed E-state index contributed by atoms with van der Waals surface area (Å²) in [5, 5.41) is 0. The first-order valence-electron chi connectivity index (χ1n) is 7.93. The highest BCUT2D eigenvalue weighted by molar-refractivity contribution is 7.99. The van der Waals surface area contributed by atoms with E-state index in [9.17, 15) is 4.79 Å². The van der Waals surface area contributed by atoms with E-state index < -0.39 is 0 Å². The highest BCUT2D eigenvalue weighted by atomic mass is 32.2. The summed E-state index contributed by atoms with van der Waals surface area (Å²) in [6, 6.07) is 14.4. The van der Waals surface area contributed by atoms with E-state index in [1.54, 1.807) is 23.1 Å². The van der Waals surface area contributed by atoms with Gasteiger partial charge in [-0.25, -0.2) is 0 Å². The van der Waals surface area contributed by atoms with Gasteiger partial charge in [-0.1, -0.05) is 42.5 Å². The van der Waals surface area contributed by atoms with Gasteiger partial charge in [-0.05, 0) is 42.0 Å². The first kappa shape index (κ1) is 17.0. The molecule has 0 aliphatic heterocycles. The number of fused-ring (bicyclic) bond motifs is 1. The molecule has 0 spiro atoms. The second-order valence-corrected chi connectivity index (χ2v) is 7.97. The lowest BCUT2D eigenvalue weighted by Gasteiger charge is -2.01. The predicted octanol–water partition coefficient (Wildman–Crippen LogP) is 4.33. The van der Waals surface area contributed by atoms with Crippen molar-refractivity contribution in [1.82, 2.24) is 4.57 Å². The normalized spacial score (nSPS) is 12.0. The van der Waals surface area contributed by atoms with E-state index in [-0.39, 0.29) is 5.91 Å². The van der Waals surface area contributed by atoms with Crippen LogP contribution in [-0.2, 0) is 18.3 Å². The summed E-state index contributed by atoms with van der Waals surface area (Å²) in [5.74, 6) is 0.945. The number of hydrogen-bond acceptors (Lipinski definition) is 3. The highest BCUT2D eigenvalue weighted by Crippen LogP contribution is 2.20. The second-order valence-electron chi connectivity index (χ2n) is 5.62. The zero-order valence-electron chi connectivity index (χ0n) is 14.1. The molecule has 0 saturated carbocycles. The number of para-hydroxylation sites is 1. The van der Waals surface area contributed by atoms with Crippen LogP contribution in [0.4, 0.5) is 0 Å². The molecule has 0 bridgehead atoms. The monoisotopic (exact) mass is 356 g/mol. The summed E-state index contributed by atoms with van der Waals surface area (Å²) < 4.78 is 3.17. The molecule has 0 N–H and O–H groups in total. The highest BCUT2D eigenvalue weighted by Gasteiger charge is 2.07. The minimum absolute atomic E-state index is 0.106. The SMILES string of the molecule is CCSc1ccc(CC(=O)N=c2sc3cccc(C)c3n2C)cc1. The summed E-state index contributed by atoms with van der Waals surface area (Å²) in [6.45, 7) is 4.21. The third-order valence-corrected chi connectivity index (χ3v) is 5.83. The Hall–Kier alpha value is -1.85.